The van der Waals surface area contributed by atoms with Crippen molar-refractivity contribution in [2.24, 2.45) is 0 Å². The SMILES string of the molecule is CC(=O)N1CC(C)(C)Oc2ccc(S(=O)(=O)Nc3cc([N+](=O)[O-])ccc3C)cc21. The number of carbonyl (C=O) groups is 1. The Hall–Kier alpha value is -3.14. The van der Waals surface area contributed by atoms with Crippen LogP contribution in [0.1, 0.15) is 26.3 Å². The lowest BCUT2D eigenvalue weighted by Crippen LogP contribution is -2.48. The van der Waals surface area contributed by atoms with Crippen molar-refractivity contribution in [2.75, 3.05) is 16.2 Å². The summed E-state index contributed by atoms with van der Waals surface area (Å²) in [4.78, 5) is 23.9. The van der Waals surface area contributed by atoms with Crippen LogP contribution in [0.25, 0.3) is 0 Å². The molecule has 10 heteroatoms. The lowest BCUT2D eigenvalue weighted by Gasteiger charge is -2.39. The average molecular weight is 419 g/mol. The number of ether oxygens (including phenoxy) is 1. The quantitative estimate of drug-likeness (QED) is 0.600. The van der Waals surface area contributed by atoms with Crippen molar-refractivity contribution in [1.29, 1.82) is 0 Å². The maximum Gasteiger partial charge on any atom is 0.271 e. The van der Waals surface area contributed by atoms with Gasteiger partial charge in [0.15, 0.2) is 0 Å². The fourth-order valence-electron chi connectivity index (χ4n) is 3.08. The molecule has 0 fully saturated rings. The first kappa shape index (κ1) is 20.6. The second-order valence-corrected chi connectivity index (χ2v) is 9.14. The largest absolute Gasteiger partial charge is 0.484 e. The molecule has 0 radical (unpaired) electrons. The number of nitrogens with one attached hydrogen (secondary N) is 1. The Balaban J connectivity index is 2.01. The molecule has 0 aliphatic carbocycles. The fraction of sp³-hybridized carbons (Fsp3) is 0.316. The molecule has 1 N–H and O–H groups in total. The Morgan fingerprint density at radius 1 is 1.24 bits per heavy atom. The van der Waals surface area contributed by atoms with Gasteiger partial charge in [-0.15, -0.1) is 0 Å². The van der Waals surface area contributed by atoms with Gasteiger partial charge in [-0.3, -0.25) is 19.6 Å². The third kappa shape index (κ3) is 4.16. The van der Waals surface area contributed by atoms with Crippen LogP contribution < -0.4 is 14.4 Å². The zero-order valence-corrected chi connectivity index (χ0v) is 17.2. The molecule has 0 spiro atoms. The number of hydrogen-bond acceptors (Lipinski definition) is 6. The summed E-state index contributed by atoms with van der Waals surface area (Å²) >= 11 is 0. The Kier molecular flexibility index (Phi) is 4.99. The number of nitrogens with zero attached hydrogens (tertiary/aromatic N) is 2. The number of hydrogen-bond donors (Lipinski definition) is 1. The molecule has 0 unspecified atom stereocenters. The van der Waals surface area contributed by atoms with Gasteiger partial charge in [0, 0.05) is 19.1 Å². The first-order valence-electron chi connectivity index (χ1n) is 8.79. The summed E-state index contributed by atoms with van der Waals surface area (Å²) in [5.74, 6) is 0.168. The number of sulfonamides is 1. The molecule has 2 aromatic rings. The number of nitro groups is 1. The molecule has 0 saturated carbocycles. The van der Waals surface area contributed by atoms with Crippen LogP contribution in [0.4, 0.5) is 17.1 Å². The molecular weight excluding hydrogens is 398 g/mol. The average Bonchev–Trinajstić information content (AvgIpc) is 2.61. The number of carbonyl (C=O) groups excluding carboxylic acids is 1. The van der Waals surface area contributed by atoms with Gasteiger partial charge in [0.2, 0.25) is 5.91 Å². The van der Waals surface area contributed by atoms with E-state index in [1.165, 1.54) is 48.2 Å². The Morgan fingerprint density at radius 2 is 1.93 bits per heavy atom. The number of rotatable bonds is 4. The molecule has 0 aromatic heterocycles. The summed E-state index contributed by atoms with van der Waals surface area (Å²) in [6.07, 6.45) is 0. The Bertz CT molecular complexity index is 1110. The van der Waals surface area contributed by atoms with Crippen molar-refractivity contribution in [2.45, 2.75) is 38.2 Å². The molecule has 1 aliphatic rings. The van der Waals surface area contributed by atoms with Gasteiger partial charge >= 0.3 is 0 Å². The lowest BCUT2D eigenvalue weighted by molar-refractivity contribution is -0.384. The van der Waals surface area contributed by atoms with Crippen LogP contribution >= 0.6 is 0 Å². The van der Waals surface area contributed by atoms with E-state index in [2.05, 4.69) is 4.72 Å². The molecule has 1 amide bonds. The van der Waals surface area contributed by atoms with E-state index >= 15 is 0 Å². The third-order valence-corrected chi connectivity index (χ3v) is 5.88. The molecule has 1 aliphatic heterocycles. The maximum absolute atomic E-state index is 12.9. The number of benzene rings is 2. The number of amides is 1. The number of aryl methyl sites for hydroxylation is 1. The number of nitro benzene ring substituents is 1. The van der Waals surface area contributed by atoms with Gasteiger partial charge < -0.3 is 9.64 Å². The minimum atomic E-state index is -4.06. The molecule has 29 heavy (non-hydrogen) atoms. The highest BCUT2D eigenvalue weighted by Gasteiger charge is 2.34. The first-order valence-corrected chi connectivity index (χ1v) is 10.3. The number of non-ortho nitro benzene ring substituents is 1. The monoisotopic (exact) mass is 419 g/mol. The maximum atomic E-state index is 12.9. The van der Waals surface area contributed by atoms with Crippen molar-refractivity contribution in [3.8, 4) is 5.75 Å². The first-order chi connectivity index (χ1) is 13.4. The van der Waals surface area contributed by atoms with Crippen molar-refractivity contribution < 1.29 is 22.9 Å². The summed E-state index contributed by atoms with van der Waals surface area (Å²) in [6.45, 7) is 6.99. The predicted octanol–water partition coefficient (Wildman–Crippen LogP) is 3.23. The van der Waals surface area contributed by atoms with Crippen LogP contribution in [0.2, 0.25) is 0 Å². The van der Waals surface area contributed by atoms with Gasteiger partial charge in [-0.2, -0.15) is 0 Å². The zero-order valence-electron chi connectivity index (χ0n) is 16.4. The van der Waals surface area contributed by atoms with E-state index in [0.29, 0.717) is 17.0 Å². The van der Waals surface area contributed by atoms with Crippen molar-refractivity contribution in [3.05, 3.63) is 52.1 Å². The molecule has 9 nitrogen and oxygen atoms in total. The smallest absolute Gasteiger partial charge is 0.271 e. The highest BCUT2D eigenvalue weighted by molar-refractivity contribution is 7.92. The molecule has 0 bridgehead atoms. The van der Waals surface area contributed by atoms with E-state index in [9.17, 15) is 23.3 Å². The van der Waals surface area contributed by atoms with Crippen LogP contribution in [0.5, 0.6) is 5.75 Å². The summed E-state index contributed by atoms with van der Waals surface area (Å²) in [5, 5.41) is 11.0. The van der Waals surface area contributed by atoms with E-state index in [1.54, 1.807) is 6.92 Å². The van der Waals surface area contributed by atoms with Crippen LogP contribution in [-0.2, 0) is 14.8 Å². The van der Waals surface area contributed by atoms with Crippen LogP contribution in [-0.4, -0.2) is 31.4 Å². The van der Waals surface area contributed by atoms with Gasteiger partial charge in [-0.05, 0) is 44.5 Å². The van der Waals surface area contributed by atoms with E-state index in [-0.39, 0.29) is 28.7 Å². The normalized spacial score (nSPS) is 15.2. The Morgan fingerprint density at radius 3 is 2.55 bits per heavy atom. The van der Waals surface area contributed by atoms with E-state index in [1.807, 2.05) is 13.8 Å². The van der Waals surface area contributed by atoms with Crippen LogP contribution in [0, 0.1) is 17.0 Å². The molecule has 154 valence electrons. The number of fused-ring (bicyclic) bond motifs is 1. The van der Waals surface area contributed by atoms with Gasteiger partial charge in [-0.1, -0.05) is 6.07 Å². The minimum Gasteiger partial charge on any atom is -0.484 e. The highest BCUT2D eigenvalue weighted by Crippen LogP contribution is 2.39. The van der Waals surface area contributed by atoms with Crippen molar-refractivity contribution in [1.82, 2.24) is 0 Å². The minimum absolute atomic E-state index is 0.0864. The third-order valence-electron chi connectivity index (χ3n) is 4.51. The zero-order chi connectivity index (χ0) is 21.6. The van der Waals surface area contributed by atoms with E-state index in [4.69, 9.17) is 4.74 Å². The lowest BCUT2D eigenvalue weighted by atomic mass is 10.1. The molecule has 0 atom stereocenters. The second-order valence-electron chi connectivity index (χ2n) is 7.46. The summed E-state index contributed by atoms with van der Waals surface area (Å²) in [7, 11) is -4.06. The number of anilines is 2. The van der Waals surface area contributed by atoms with Crippen LogP contribution in [0.15, 0.2) is 41.3 Å². The summed E-state index contributed by atoms with van der Waals surface area (Å²) < 4.78 is 34.1. The predicted molar refractivity (Wildman–Crippen MR) is 108 cm³/mol. The second kappa shape index (κ2) is 7.03. The van der Waals surface area contributed by atoms with Gasteiger partial charge in [0.25, 0.3) is 15.7 Å². The topological polar surface area (TPSA) is 119 Å². The Labute approximate surface area is 168 Å². The van der Waals surface area contributed by atoms with E-state index < -0.39 is 20.5 Å². The standard InChI is InChI=1S/C19H21N3O6S/c1-12-5-6-14(22(24)25)9-16(12)20-29(26,27)15-7-8-18-17(10-15)21(13(2)23)11-19(3,4)28-18/h5-10,20H,11H2,1-4H3. The molecule has 1 heterocycles. The van der Waals surface area contributed by atoms with Crippen molar-refractivity contribution >= 4 is 33.0 Å². The van der Waals surface area contributed by atoms with Gasteiger partial charge in [0.1, 0.15) is 11.4 Å². The molecule has 3 rings (SSSR count). The van der Waals surface area contributed by atoms with Crippen molar-refractivity contribution in [3.63, 3.8) is 0 Å². The molecular formula is C19H21N3O6S. The van der Waals surface area contributed by atoms with Gasteiger partial charge in [0.05, 0.1) is 27.7 Å². The molecule has 0 saturated heterocycles. The van der Waals surface area contributed by atoms with Gasteiger partial charge in [-0.25, -0.2) is 8.42 Å². The van der Waals surface area contributed by atoms with Crippen LogP contribution in [0.3, 0.4) is 0 Å². The van der Waals surface area contributed by atoms with E-state index in [0.717, 1.165) is 0 Å². The fourth-order valence-corrected chi connectivity index (χ4v) is 4.22. The molecule has 2 aromatic carbocycles. The summed E-state index contributed by atoms with van der Waals surface area (Å²) in [6, 6.07) is 8.17. The summed E-state index contributed by atoms with van der Waals surface area (Å²) in [5.41, 5.74) is 0.162. The highest BCUT2D eigenvalue weighted by atomic mass is 32.2.